The average Bonchev–Trinajstić information content (AvgIpc) is 4.00. The Bertz CT molecular complexity index is 2130. The van der Waals surface area contributed by atoms with Gasteiger partial charge in [-0.1, -0.05) is 58.3 Å². The number of hydrogen-bond acceptors (Lipinski definition) is 11. The van der Waals surface area contributed by atoms with Crippen LogP contribution < -0.4 is 10.1 Å². The SMILES string of the molecule is O=C(NCc1cccs1)C1=NOC2(CCN(C(=O)c3ccccc3Cl)CC2)C1.O=C(O)C1=NOC2(CCN(C(=O)c3cccnc3Oc3ccccc3)CC2)C1. The Morgan fingerprint density at radius 2 is 1.36 bits per heavy atom. The minimum atomic E-state index is -1.06. The molecule has 2 spiro atoms. The monoisotopic (exact) mass is 798 g/mol. The van der Waals surface area contributed by atoms with Crippen LogP contribution in [-0.2, 0) is 25.8 Å². The van der Waals surface area contributed by atoms with Gasteiger partial charge in [-0.25, -0.2) is 9.78 Å². The third-order valence-electron chi connectivity index (χ3n) is 10.2. The molecule has 4 aliphatic heterocycles. The van der Waals surface area contributed by atoms with Gasteiger partial charge in [0.15, 0.2) is 5.71 Å². The van der Waals surface area contributed by atoms with E-state index in [-0.39, 0.29) is 35.7 Å². The summed E-state index contributed by atoms with van der Waals surface area (Å²) >= 11 is 7.74. The maximum absolute atomic E-state index is 13.0. The van der Waals surface area contributed by atoms with E-state index >= 15 is 0 Å². The van der Waals surface area contributed by atoms with Crippen LogP contribution >= 0.6 is 22.9 Å². The number of aromatic nitrogens is 1. The van der Waals surface area contributed by atoms with Crippen LogP contribution in [0.5, 0.6) is 11.6 Å². The molecule has 14 nitrogen and oxygen atoms in total. The number of nitrogens with one attached hydrogen (secondary N) is 1. The van der Waals surface area contributed by atoms with Gasteiger partial charge < -0.3 is 34.6 Å². The number of benzene rings is 2. The molecule has 8 rings (SSSR count). The van der Waals surface area contributed by atoms with Crippen LogP contribution in [0.3, 0.4) is 0 Å². The number of piperidine rings is 2. The fraction of sp³-hybridized carbons (Fsp3) is 0.325. The molecular weight excluding hydrogens is 760 g/mol. The lowest BCUT2D eigenvalue weighted by Gasteiger charge is -2.37. The van der Waals surface area contributed by atoms with Crippen LogP contribution in [-0.4, -0.2) is 92.4 Å². The summed E-state index contributed by atoms with van der Waals surface area (Å²) in [7, 11) is 0. The van der Waals surface area contributed by atoms with Crippen LogP contribution in [0, 0.1) is 0 Å². The van der Waals surface area contributed by atoms with Crippen molar-refractivity contribution in [1.82, 2.24) is 20.1 Å². The number of thiophene rings is 1. The Morgan fingerprint density at radius 3 is 1.96 bits per heavy atom. The number of aliphatic carboxylic acids is 1. The Hall–Kier alpha value is -5.80. The van der Waals surface area contributed by atoms with E-state index in [0.717, 1.165) is 4.88 Å². The highest BCUT2D eigenvalue weighted by atomic mass is 35.5. The summed E-state index contributed by atoms with van der Waals surface area (Å²) in [5.74, 6) is -0.647. The van der Waals surface area contributed by atoms with E-state index in [1.54, 1.807) is 75.9 Å². The van der Waals surface area contributed by atoms with Crippen LogP contribution in [0.2, 0.25) is 5.02 Å². The summed E-state index contributed by atoms with van der Waals surface area (Å²) < 4.78 is 5.79. The molecule has 0 atom stereocenters. The highest BCUT2D eigenvalue weighted by Gasteiger charge is 2.46. The molecule has 16 heteroatoms. The smallest absolute Gasteiger partial charge is 0.353 e. The van der Waals surface area contributed by atoms with Gasteiger partial charge in [-0.2, -0.15) is 0 Å². The van der Waals surface area contributed by atoms with Crippen molar-refractivity contribution in [3.63, 3.8) is 0 Å². The number of para-hydroxylation sites is 1. The number of oxime groups is 2. The molecule has 0 aliphatic carbocycles. The van der Waals surface area contributed by atoms with Gasteiger partial charge in [-0.3, -0.25) is 14.4 Å². The second-order valence-corrected chi connectivity index (χ2v) is 15.3. The minimum absolute atomic E-state index is 0.0329. The van der Waals surface area contributed by atoms with Crippen molar-refractivity contribution in [2.45, 2.75) is 56.3 Å². The molecule has 0 saturated carbocycles. The van der Waals surface area contributed by atoms with Gasteiger partial charge >= 0.3 is 5.97 Å². The van der Waals surface area contributed by atoms with Crippen molar-refractivity contribution in [3.05, 3.63) is 111 Å². The number of likely N-dealkylation sites (tertiary alicyclic amines) is 2. The molecule has 0 unspecified atom stereocenters. The second-order valence-electron chi connectivity index (χ2n) is 13.9. The zero-order chi connectivity index (χ0) is 39.1. The Labute approximate surface area is 331 Å². The third kappa shape index (κ3) is 8.84. The maximum atomic E-state index is 13.0. The quantitative estimate of drug-likeness (QED) is 0.211. The van der Waals surface area contributed by atoms with Crippen molar-refractivity contribution in [2.24, 2.45) is 10.3 Å². The maximum Gasteiger partial charge on any atom is 0.353 e. The van der Waals surface area contributed by atoms with Gasteiger partial charge in [-0.05, 0) is 47.8 Å². The van der Waals surface area contributed by atoms with Gasteiger partial charge in [0.25, 0.3) is 17.7 Å². The third-order valence-corrected chi connectivity index (χ3v) is 11.4. The first-order valence-corrected chi connectivity index (χ1v) is 19.4. The van der Waals surface area contributed by atoms with E-state index in [4.69, 9.17) is 31.1 Å². The van der Waals surface area contributed by atoms with E-state index < -0.39 is 17.2 Å². The number of pyridine rings is 1. The largest absolute Gasteiger partial charge is 0.477 e. The van der Waals surface area contributed by atoms with E-state index in [2.05, 4.69) is 20.6 Å². The predicted octanol–water partition coefficient (Wildman–Crippen LogP) is 6.18. The molecule has 56 heavy (non-hydrogen) atoms. The first kappa shape index (κ1) is 38.5. The van der Waals surface area contributed by atoms with Crippen LogP contribution in [0.1, 0.15) is 64.1 Å². The average molecular weight is 799 g/mol. The minimum Gasteiger partial charge on any atom is -0.477 e. The highest BCUT2D eigenvalue weighted by molar-refractivity contribution is 7.09. The topological polar surface area (TPSA) is 172 Å². The molecule has 4 aromatic rings. The zero-order valence-electron chi connectivity index (χ0n) is 30.3. The van der Waals surface area contributed by atoms with Gasteiger partial charge in [0.05, 0.1) is 17.1 Å². The lowest BCUT2D eigenvalue weighted by Crippen LogP contribution is -2.47. The van der Waals surface area contributed by atoms with Gasteiger partial charge in [0.1, 0.15) is 28.2 Å². The standard InChI is InChI=1S/C20H20ClN3O3S.C20H19N3O5/c21-16-6-2-1-5-15(16)19(26)24-9-7-20(8-10-24)12-17(23-27-20)18(25)22-13-14-4-3-11-28-14;24-18(15-7-4-10-21-17(15)27-14-5-2-1-3-6-14)23-11-8-20(9-12-23)13-16(19(25)26)22-28-20/h1-6,11H,7-10,12-13H2,(H,22,25);1-7,10H,8-9,11-13H2,(H,25,26). The molecule has 290 valence electrons. The number of halogens is 1. The lowest BCUT2D eigenvalue weighted by atomic mass is 9.86. The van der Waals surface area contributed by atoms with Crippen molar-refractivity contribution < 1.29 is 38.7 Å². The van der Waals surface area contributed by atoms with Crippen molar-refractivity contribution in [3.8, 4) is 11.6 Å². The summed E-state index contributed by atoms with van der Waals surface area (Å²) in [6, 6.07) is 23.5. The number of ether oxygens (including phenoxy) is 1. The van der Waals surface area contributed by atoms with Crippen molar-refractivity contribution in [2.75, 3.05) is 26.2 Å². The second kappa shape index (κ2) is 16.9. The number of nitrogens with zero attached hydrogens (tertiary/aromatic N) is 5. The zero-order valence-corrected chi connectivity index (χ0v) is 31.8. The van der Waals surface area contributed by atoms with E-state index in [1.165, 1.54) is 0 Å². The van der Waals surface area contributed by atoms with Crippen molar-refractivity contribution in [1.29, 1.82) is 0 Å². The first-order valence-electron chi connectivity index (χ1n) is 18.2. The van der Waals surface area contributed by atoms with Crippen molar-refractivity contribution >= 4 is 58.1 Å². The first-order chi connectivity index (χ1) is 27.1. The predicted molar refractivity (Wildman–Crippen MR) is 208 cm³/mol. The van der Waals surface area contributed by atoms with Gasteiger partial charge in [0, 0.05) is 75.8 Å². The summed E-state index contributed by atoms with van der Waals surface area (Å²) in [6.45, 7) is 2.47. The van der Waals surface area contributed by atoms with Gasteiger partial charge in [-0.15, -0.1) is 11.3 Å². The molecule has 2 aromatic heterocycles. The number of carboxylic acid groups (broad SMARTS) is 1. The Balaban J connectivity index is 0.000000172. The highest BCUT2D eigenvalue weighted by Crippen LogP contribution is 2.37. The number of hydrogen-bond donors (Lipinski definition) is 2. The number of carbonyl (C=O) groups excluding carboxylic acids is 3. The Morgan fingerprint density at radius 1 is 0.768 bits per heavy atom. The molecular formula is C40H39ClN6O8S. The molecule has 6 heterocycles. The summed E-state index contributed by atoms with van der Waals surface area (Å²) in [5.41, 5.74) is 0.234. The molecule has 2 N–H and O–H groups in total. The number of amides is 3. The molecule has 2 fully saturated rings. The summed E-state index contributed by atoms with van der Waals surface area (Å²) in [4.78, 5) is 69.1. The molecule has 0 radical (unpaired) electrons. The fourth-order valence-electron chi connectivity index (χ4n) is 6.94. The number of carbonyl (C=O) groups is 4. The summed E-state index contributed by atoms with van der Waals surface area (Å²) in [5, 5.41) is 22.1. The normalized spacial score (nSPS) is 17.8. The van der Waals surface area contributed by atoms with Crippen LogP contribution in [0.25, 0.3) is 0 Å². The lowest BCUT2D eigenvalue weighted by molar-refractivity contribution is -0.129. The fourth-order valence-corrected chi connectivity index (χ4v) is 7.80. The molecule has 0 bridgehead atoms. The van der Waals surface area contributed by atoms with Gasteiger partial charge in [0.2, 0.25) is 5.88 Å². The van der Waals surface area contributed by atoms with E-state index in [1.807, 2.05) is 35.7 Å². The van der Waals surface area contributed by atoms with E-state index in [9.17, 15) is 19.2 Å². The van der Waals surface area contributed by atoms with E-state index in [0.29, 0.717) is 92.4 Å². The van der Waals surface area contributed by atoms with Crippen LogP contribution in [0.4, 0.5) is 0 Å². The molecule has 3 amide bonds. The molecule has 2 saturated heterocycles. The Kier molecular flexibility index (Phi) is 11.6. The van der Waals surface area contributed by atoms with Crippen LogP contribution in [0.15, 0.2) is 101 Å². The molecule has 2 aromatic carbocycles. The summed E-state index contributed by atoms with van der Waals surface area (Å²) in [6.07, 6.45) is 4.62. The molecule has 4 aliphatic rings. The number of carboxylic acids is 1. The number of rotatable bonds is 8.